The maximum atomic E-state index is 12.9. The van der Waals surface area contributed by atoms with Crippen molar-refractivity contribution in [1.82, 2.24) is 0 Å². The molecule has 0 aliphatic rings. The van der Waals surface area contributed by atoms with E-state index in [0.29, 0.717) is 18.4 Å². The molecule has 0 saturated heterocycles. The Balaban J connectivity index is 2.10. The summed E-state index contributed by atoms with van der Waals surface area (Å²) in [5, 5.41) is 0. The van der Waals surface area contributed by atoms with Gasteiger partial charge >= 0.3 is 6.18 Å². The lowest BCUT2D eigenvalue weighted by Crippen LogP contribution is -2.09. The van der Waals surface area contributed by atoms with E-state index < -0.39 is 11.7 Å². The van der Waals surface area contributed by atoms with Crippen LogP contribution < -0.4 is 4.74 Å². The molecule has 1 nitrogen and oxygen atoms in total. The zero-order chi connectivity index (χ0) is 14.6. The Kier molecular flexibility index (Phi) is 4.32. The molecular formula is C16H15F3O. The van der Waals surface area contributed by atoms with E-state index in [0.717, 1.165) is 17.4 Å². The normalized spacial score (nSPS) is 11.4. The number of hydrogen-bond donors (Lipinski definition) is 0. The maximum Gasteiger partial charge on any atom is 0.416 e. The zero-order valence-corrected chi connectivity index (χ0v) is 11.1. The maximum absolute atomic E-state index is 12.9. The monoisotopic (exact) mass is 280 g/mol. The fraction of sp³-hybridized carbons (Fsp3) is 0.250. The van der Waals surface area contributed by atoms with Gasteiger partial charge in [-0.05, 0) is 42.2 Å². The van der Waals surface area contributed by atoms with Gasteiger partial charge in [-0.2, -0.15) is 13.2 Å². The van der Waals surface area contributed by atoms with E-state index in [2.05, 4.69) is 0 Å². The molecule has 2 aromatic carbocycles. The second kappa shape index (κ2) is 5.99. The highest BCUT2D eigenvalue weighted by molar-refractivity contribution is 5.32. The van der Waals surface area contributed by atoms with Crippen molar-refractivity contribution in [3.05, 3.63) is 65.2 Å². The lowest BCUT2D eigenvalue weighted by Gasteiger charge is -2.12. The van der Waals surface area contributed by atoms with Gasteiger partial charge in [0.05, 0.1) is 12.7 Å². The van der Waals surface area contributed by atoms with Gasteiger partial charge in [0, 0.05) is 0 Å². The molecule has 0 atom stereocenters. The average Bonchev–Trinajstić information content (AvgIpc) is 2.45. The van der Waals surface area contributed by atoms with Crippen LogP contribution in [0.4, 0.5) is 13.2 Å². The Labute approximate surface area is 116 Å². The summed E-state index contributed by atoms with van der Waals surface area (Å²) < 4.78 is 43.6. The van der Waals surface area contributed by atoms with Crippen LogP contribution >= 0.6 is 0 Å². The van der Waals surface area contributed by atoms with E-state index >= 15 is 0 Å². The molecule has 4 heteroatoms. The van der Waals surface area contributed by atoms with Gasteiger partial charge in [-0.15, -0.1) is 0 Å². The summed E-state index contributed by atoms with van der Waals surface area (Å²) >= 11 is 0. The third kappa shape index (κ3) is 3.53. The minimum atomic E-state index is -4.30. The lowest BCUT2D eigenvalue weighted by atomic mass is 9.99. The van der Waals surface area contributed by atoms with Crippen molar-refractivity contribution in [3.63, 3.8) is 0 Å². The zero-order valence-electron chi connectivity index (χ0n) is 11.1. The van der Waals surface area contributed by atoms with Gasteiger partial charge in [-0.3, -0.25) is 0 Å². The Bertz CT molecular complexity index is 559. The molecule has 2 rings (SSSR count). The number of hydrogen-bond acceptors (Lipinski definition) is 1. The van der Waals surface area contributed by atoms with Crippen molar-refractivity contribution in [2.75, 3.05) is 7.11 Å². The number of halogens is 3. The molecule has 20 heavy (non-hydrogen) atoms. The summed E-state index contributed by atoms with van der Waals surface area (Å²) in [4.78, 5) is 0. The Hall–Kier alpha value is -1.97. The van der Waals surface area contributed by atoms with Crippen molar-refractivity contribution < 1.29 is 17.9 Å². The molecule has 0 spiro atoms. The number of alkyl halides is 3. The van der Waals surface area contributed by atoms with Gasteiger partial charge in [-0.1, -0.05) is 30.3 Å². The van der Waals surface area contributed by atoms with Crippen molar-refractivity contribution in [1.29, 1.82) is 0 Å². The van der Waals surface area contributed by atoms with E-state index in [9.17, 15) is 13.2 Å². The molecule has 0 amide bonds. The fourth-order valence-corrected chi connectivity index (χ4v) is 2.09. The van der Waals surface area contributed by atoms with Gasteiger partial charge in [0.2, 0.25) is 0 Å². The predicted octanol–water partition coefficient (Wildman–Crippen LogP) is 4.50. The number of aryl methyl sites for hydroxylation is 2. The third-order valence-electron chi connectivity index (χ3n) is 3.16. The SMILES string of the molecule is COc1ccc(CCc2ccccc2C(F)(F)F)cc1. The van der Waals surface area contributed by atoms with Gasteiger partial charge in [0.25, 0.3) is 0 Å². The Morgan fingerprint density at radius 3 is 2.15 bits per heavy atom. The molecular weight excluding hydrogens is 265 g/mol. The summed E-state index contributed by atoms with van der Waals surface area (Å²) in [5.41, 5.74) is 0.770. The number of rotatable bonds is 4. The second-order valence-electron chi connectivity index (χ2n) is 4.50. The Morgan fingerprint density at radius 2 is 1.55 bits per heavy atom. The van der Waals surface area contributed by atoms with E-state index in [4.69, 9.17) is 4.74 Å². The van der Waals surface area contributed by atoms with Crippen LogP contribution in [0.2, 0.25) is 0 Å². The average molecular weight is 280 g/mol. The van der Waals surface area contributed by atoms with Gasteiger partial charge < -0.3 is 4.74 Å². The summed E-state index contributed by atoms with van der Waals surface area (Å²) in [6, 6.07) is 13.1. The molecule has 0 saturated carbocycles. The van der Waals surface area contributed by atoms with Crippen molar-refractivity contribution >= 4 is 0 Å². The second-order valence-corrected chi connectivity index (χ2v) is 4.50. The smallest absolute Gasteiger partial charge is 0.416 e. The largest absolute Gasteiger partial charge is 0.497 e. The van der Waals surface area contributed by atoms with Crippen LogP contribution in [0.15, 0.2) is 48.5 Å². The molecule has 0 fully saturated rings. The quantitative estimate of drug-likeness (QED) is 0.801. The van der Waals surface area contributed by atoms with Crippen molar-refractivity contribution in [2.45, 2.75) is 19.0 Å². The highest BCUT2D eigenvalue weighted by Gasteiger charge is 2.32. The molecule has 0 bridgehead atoms. The molecule has 106 valence electrons. The van der Waals surface area contributed by atoms with E-state index in [1.165, 1.54) is 12.1 Å². The minimum absolute atomic E-state index is 0.329. The molecule has 2 aromatic rings. The standard InChI is InChI=1S/C16H15F3O/c1-20-14-10-7-12(8-11-14)6-9-13-4-2-3-5-15(13)16(17,18)19/h2-5,7-8,10-11H,6,9H2,1H3. The van der Waals surface area contributed by atoms with Crippen LogP contribution in [-0.4, -0.2) is 7.11 Å². The Morgan fingerprint density at radius 1 is 0.900 bits per heavy atom. The first-order chi connectivity index (χ1) is 9.50. The highest BCUT2D eigenvalue weighted by atomic mass is 19.4. The van der Waals surface area contributed by atoms with Crippen LogP contribution in [0, 0.1) is 0 Å². The van der Waals surface area contributed by atoms with E-state index in [-0.39, 0.29) is 0 Å². The van der Waals surface area contributed by atoms with Crippen LogP contribution in [0.3, 0.4) is 0 Å². The lowest BCUT2D eigenvalue weighted by molar-refractivity contribution is -0.138. The first-order valence-electron chi connectivity index (χ1n) is 6.29. The molecule has 0 N–H and O–H groups in total. The fourth-order valence-electron chi connectivity index (χ4n) is 2.09. The van der Waals surface area contributed by atoms with Crippen LogP contribution in [0.1, 0.15) is 16.7 Å². The summed E-state index contributed by atoms with van der Waals surface area (Å²) in [6.07, 6.45) is -3.37. The van der Waals surface area contributed by atoms with Crippen LogP contribution in [-0.2, 0) is 19.0 Å². The van der Waals surface area contributed by atoms with E-state index in [1.807, 2.05) is 24.3 Å². The first-order valence-corrected chi connectivity index (χ1v) is 6.29. The summed E-state index contributed by atoms with van der Waals surface area (Å²) in [5.74, 6) is 0.740. The topological polar surface area (TPSA) is 9.23 Å². The van der Waals surface area contributed by atoms with Crippen LogP contribution in [0.5, 0.6) is 5.75 Å². The molecule has 0 aromatic heterocycles. The number of benzene rings is 2. The highest BCUT2D eigenvalue weighted by Crippen LogP contribution is 2.32. The van der Waals surface area contributed by atoms with Gasteiger partial charge in [-0.25, -0.2) is 0 Å². The van der Waals surface area contributed by atoms with E-state index in [1.54, 1.807) is 13.2 Å². The summed E-state index contributed by atoms with van der Waals surface area (Å²) in [7, 11) is 1.58. The number of ether oxygens (including phenoxy) is 1. The number of methoxy groups -OCH3 is 1. The first kappa shape index (κ1) is 14.4. The molecule has 0 aliphatic carbocycles. The van der Waals surface area contributed by atoms with Crippen molar-refractivity contribution in [3.8, 4) is 5.75 Å². The molecule has 0 unspecified atom stereocenters. The molecule has 0 aliphatic heterocycles. The summed E-state index contributed by atoms with van der Waals surface area (Å²) in [6.45, 7) is 0. The molecule has 0 radical (unpaired) electrons. The molecule has 0 heterocycles. The van der Waals surface area contributed by atoms with Crippen molar-refractivity contribution in [2.24, 2.45) is 0 Å². The third-order valence-corrected chi connectivity index (χ3v) is 3.16. The van der Waals surface area contributed by atoms with Gasteiger partial charge in [0.15, 0.2) is 0 Å². The van der Waals surface area contributed by atoms with Crippen LogP contribution in [0.25, 0.3) is 0 Å². The van der Waals surface area contributed by atoms with Gasteiger partial charge in [0.1, 0.15) is 5.75 Å². The minimum Gasteiger partial charge on any atom is -0.497 e. The predicted molar refractivity (Wildman–Crippen MR) is 71.8 cm³/mol.